The summed E-state index contributed by atoms with van der Waals surface area (Å²) in [5, 5.41) is 41.8. The summed E-state index contributed by atoms with van der Waals surface area (Å²) in [5.41, 5.74) is -1.27. The minimum absolute atomic E-state index is 0.0438. The van der Waals surface area contributed by atoms with Crippen molar-refractivity contribution >= 4 is 5.78 Å². The third-order valence-electron chi connectivity index (χ3n) is 15.8. The number of carbonyl (C=O) groups is 1. The maximum absolute atomic E-state index is 14.3. The normalized spacial score (nSPS) is 59.1. The van der Waals surface area contributed by atoms with Crippen LogP contribution >= 0.6 is 0 Å². The maximum atomic E-state index is 14.3. The van der Waals surface area contributed by atoms with E-state index in [2.05, 4.69) is 41.5 Å². The molecule has 7 rings (SSSR count). The molecule has 7 aliphatic rings. The first-order chi connectivity index (χ1) is 20.0. The van der Waals surface area contributed by atoms with Crippen molar-refractivity contribution in [2.24, 2.45) is 50.2 Å². The molecule has 0 aromatic rings. The molecule has 8 heteroatoms. The lowest BCUT2D eigenvalue weighted by atomic mass is 9.30. The zero-order valence-electron chi connectivity index (χ0n) is 27.2. The Morgan fingerprint density at radius 1 is 0.860 bits per heavy atom. The molecule has 0 amide bonds. The van der Waals surface area contributed by atoms with Gasteiger partial charge in [0.05, 0.1) is 36.9 Å². The monoisotopic (exact) mass is 604 g/mol. The molecule has 5 saturated carbocycles. The van der Waals surface area contributed by atoms with E-state index in [-0.39, 0.29) is 57.9 Å². The first-order valence-electron chi connectivity index (χ1n) is 17.1. The summed E-state index contributed by atoms with van der Waals surface area (Å²) < 4.78 is 19.1. The number of aliphatic hydroxyl groups is 4. The van der Waals surface area contributed by atoms with Crippen LogP contribution in [0.3, 0.4) is 0 Å². The molecule has 2 bridgehead atoms. The Bertz CT molecular complexity index is 1160. The second-order valence-electron chi connectivity index (χ2n) is 17.9. The lowest BCUT2D eigenvalue weighted by Gasteiger charge is -2.74. The van der Waals surface area contributed by atoms with Crippen molar-refractivity contribution in [3.8, 4) is 0 Å². The largest absolute Gasteiger partial charge is 0.396 e. The van der Waals surface area contributed by atoms with Gasteiger partial charge in [0, 0.05) is 23.2 Å². The van der Waals surface area contributed by atoms with E-state index in [4.69, 9.17) is 14.2 Å². The van der Waals surface area contributed by atoms with Crippen LogP contribution in [0.1, 0.15) is 106 Å². The van der Waals surface area contributed by atoms with Gasteiger partial charge in [0.15, 0.2) is 6.29 Å². The molecule has 43 heavy (non-hydrogen) atoms. The highest BCUT2D eigenvalue weighted by molar-refractivity contribution is 5.88. The van der Waals surface area contributed by atoms with Gasteiger partial charge < -0.3 is 34.6 Å². The van der Waals surface area contributed by atoms with Crippen LogP contribution in [0.2, 0.25) is 0 Å². The highest BCUT2D eigenvalue weighted by atomic mass is 16.7. The predicted octanol–water partition coefficient (Wildman–Crippen LogP) is 4.00. The standard InChI is InChI=1S/C35H56O8/c1-29(2)13-14-34-19-42-35(23(34)15-29)12-8-22-30(3)10-9-25(43-28-27(40)26(39)20(37)17-41-28)31(4,18-36)21(30)7-11-32(22,5)33(35,6)16-24(34)38/h20-23,25-28,36-37,39-40H,7-19H2,1-6H3/t20-,21+,22+,23+,25-,26-,27+,28-,30-,31-,32+,33-,34+,35-/m0/s1. The number of aliphatic hydroxyl groups excluding tert-OH is 4. The summed E-state index contributed by atoms with van der Waals surface area (Å²) >= 11 is 0. The van der Waals surface area contributed by atoms with Gasteiger partial charge in [-0.1, -0.05) is 41.5 Å². The highest BCUT2D eigenvalue weighted by Crippen LogP contribution is 2.80. The fraction of sp³-hybridized carbons (Fsp3) is 0.971. The third kappa shape index (κ3) is 3.72. The van der Waals surface area contributed by atoms with Crippen molar-refractivity contribution in [1.82, 2.24) is 0 Å². The second-order valence-corrected chi connectivity index (χ2v) is 17.9. The van der Waals surface area contributed by atoms with Gasteiger partial charge in [0.1, 0.15) is 24.1 Å². The highest BCUT2D eigenvalue weighted by Gasteiger charge is 2.80. The molecule has 4 N–H and O–H groups in total. The third-order valence-corrected chi connectivity index (χ3v) is 15.8. The Balaban J connectivity index is 1.21. The molecule has 1 spiro atoms. The lowest BCUT2D eigenvalue weighted by Crippen LogP contribution is -2.73. The van der Waals surface area contributed by atoms with Crippen LogP contribution in [-0.4, -0.2) is 82.3 Å². The Morgan fingerprint density at radius 3 is 2.30 bits per heavy atom. The van der Waals surface area contributed by atoms with E-state index >= 15 is 0 Å². The summed E-state index contributed by atoms with van der Waals surface area (Å²) in [4.78, 5) is 14.3. The first kappa shape index (κ1) is 31.0. The zero-order chi connectivity index (χ0) is 31.0. The molecule has 7 fully saturated rings. The molecule has 8 nitrogen and oxygen atoms in total. The average Bonchev–Trinajstić information content (AvgIpc) is 3.22. The van der Waals surface area contributed by atoms with Gasteiger partial charge in [0.2, 0.25) is 0 Å². The molecule has 0 aromatic heterocycles. The van der Waals surface area contributed by atoms with Crippen molar-refractivity contribution in [2.45, 2.75) is 142 Å². The number of fused-ring (bicyclic) bond motifs is 4. The fourth-order valence-electron chi connectivity index (χ4n) is 13.1. The van der Waals surface area contributed by atoms with E-state index < -0.39 is 30.0 Å². The van der Waals surface area contributed by atoms with Crippen LogP contribution in [0, 0.1) is 50.2 Å². The summed E-state index contributed by atoms with van der Waals surface area (Å²) in [7, 11) is 0. The smallest absolute Gasteiger partial charge is 0.186 e. The van der Waals surface area contributed by atoms with Crippen molar-refractivity contribution in [3.63, 3.8) is 0 Å². The number of hydrogen-bond acceptors (Lipinski definition) is 8. The van der Waals surface area contributed by atoms with E-state index in [1.54, 1.807) is 0 Å². The SMILES string of the molecule is CC1(C)CC[C@]23CO[C@@]4(CC[C@@H]5[C@@]6(C)CC[C@H](O[C@@H]7OC[C@H](O)[C@H](O)[C@H]7O)[C@@](C)(CO)[C@@H]6CC[C@@]5(C)[C@]4(C)CC2=O)[C@@H]3C1. The Labute approximate surface area is 257 Å². The summed E-state index contributed by atoms with van der Waals surface area (Å²) in [6.45, 7) is 14.7. The molecule has 0 unspecified atom stereocenters. The maximum Gasteiger partial charge on any atom is 0.186 e. The van der Waals surface area contributed by atoms with E-state index in [0.29, 0.717) is 37.1 Å². The van der Waals surface area contributed by atoms with E-state index in [0.717, 1.165) is 51.4 Å². The zero-order valence-corrected chi connectivity index (χ0v) is 27.2. The first-order valence-corrected chi connectivity index (χ1v) is 17.1. The van der Waals surface area contributed by atoms with Crippen LogP contribution < -0.4 is 0 Å². The molecule has 0 radical (unpaired) electrons. The second kappa shape index (κ2) is 9.48. The number of carbonyl (C=O) groups excluding carboxylic acids is 1. The summed E-state index contributed by atoms with van der Waals surface area (Å²) in [6, 6.07) is 0. The number of ketones is 1. The van der Waals surface area contributed by atoms with Crippen molar-refractivity contribution in [2.75, 3.05) is 19.8 Å². The van der Waals surface area contributed by atoms with E-state index in [1.807, 2.05) is 0 Å². The van der Waals surface area contributed by atoms with Gasteiger partial charge in [-0.05, 0) is 85.9 Å². The van der Waals surface area contributed by atoms with Gasteiger partial charge in [-0.15, -0.1) is 0 Å². The minimum Gasteiger partial charge on any atom is -0.396 e. The number of ether oxygens (including phenoxy) is 3. The van der Waals surface area contributed by atoms with Gasteiger partial charge in [-0.2, -0.15) is 0 Å². The van der Waals surface area contributed by atoms with Gasteiger partial charge >= 0.3 is 0 Å². The van der Waals surface area contributed by atoms with Gasteiger partial charge in [-0.3, -0.25) is 4.79 Å². The van der Waals surface area contributed by atoms with Gasteiger partial charge in [0.25, 0.3) is 0 Å². The van der Waals surface area contributed by atoms with Crippen LogP contribution in [0.5, 0.6) is 0 Å². The molecule has 2 aliphatic heterocycles. The predicted molar refractivity (Wildman–Crippen MR) is 159 cm³/mol. The number of rotatable bonds is 3. The molecular formula is C35H56O8. The van der Waals surface area contributed by atoms with E-state index in [9.17, 15) is 25.2 Å². The van der Waals surface area contributed by atoms with Crippen LogP contribution in [0.25, 0.3) is 0 Å². The lowest BCUT2D eigenvalue weighted by molar-refractivity contribution is -0.321. The Morgan fingerprint density at radius 2 is 1.58 bits per heavy atom. The average molecular weight is 605 g/mol. The van der Waals surface area contributed by atoms with Crippen LogP contribution in [0.4, 0.5) is 0 Å². The molecule has 5 aliphatic carbocycles. The topological polar surface area (TPSA) is 126 Å². The molecular weight excluding hydrogens is 548 g/mol. The minimum atomic E-state index is -1.35. The molecule has 14 atom stereocenters. The van der Waals surface area contributed by atoms with Crippen LogP contribution in [-0.2, 0) is 19.0 Å². The summed E-state index contributed by atoms with van der Waals surface area (Å²) in [6.07, 6.45) is 4.11. The fourth-order valence-corrected chi connectivity index (χ4v) is 13.1. The quantitative estimate of drug-likeness (QED) is 0.357. The van der Waals surface area contributed by atoms with Crippen molar-refractivity contribution in [3.05, 3.63) is 0 Å². The number of Topliss-reactive ketones (excluding diaryl/α,β-unsaturated/α-hetero) is 1. The molecule has 0 aromatic carbocycles. The molecule has 2 saturated heterocycles. The Kier molecular flexibility index (Phi) is 6.84. The van der Waals surface area contributed by atoms with Crippen LogP contribution in [0.15, 0.2) is 0 Å². The summed E-state index contributed by atoms with van der Waals surface area (Å²) in [5.74, 6) is 1.32. The van der Waals surface area contributed by atoms with E-state index in [1.165, 1.54) is 0 Å². The van der Waals surface area contributed by atoms with Crippen molar-refractivity contribution in [1.29, 1.82) is 0 Å². The Hall–Kier alpha value is -0.610. The number of hydrogen-bond donors (Lipinski definition) is 4. The molecule has 2 heterocycles. The molecule has 244 valence electrons. The van der Waals surface area contributed by atoms with Gasteiger partial charge in [-0.25, -0.2) is 0 Å². The van der Waals surface area contributed by atoms with Crippen molar-refractivity contribution < 1.29 is 39.4 Å².